The first-order chi connectivity index (χ1) is 14.8. The molecule has 0 bridgehead atoms. The average Bonchev–Trinajstić information content (AvgIpc) is 3.15. The van der Waals surface area contributed by atoms with Gasteiger partial charge in [-0.2, -0.15) is 0 Å². The van der Waals surface area contributed by atoms with Crippen molar-refractivity contribution in [3.8, 4) is 0 Å². The number of sulfone groups is 1. The summed E-state index contributed by atoms with van der Waals surface area (Å²) >= 11 is 0. The third-order valence-corrected chi connectivity index (χ3v) is 6.68. The SMILES string of the molecule is CS(=O)(=O)c1cccc(N2CCN(C(=O)Cc3c[nH]c4ccccc34)CC2)c1[N+](=O)[O-]. The minimum atomic E-state index is -3.75. The predicted octanol–water partition coefficient (Wildman–Crippen LogP) is 2.37. The fraction of sp³-hybridized carbons (Fsp3) is 0.286. The van der Waals surface area contributed by atoms with Gasteiger partial charge in [0.1, 0.15) is 10.6 Å². The van der Waals surface area contributed by atoms with Gasteiger partial charge < -0.3 is 14.8 Å². The summed E-state index contributed by atoms with van der Waals surface area (Å²) in [6.07, 6.45) is 3.08. The molecule has 1 saturated heterocycles. The number of nitrogens with one attached hydrogen (secondary N) is 1. The second-order valence-electron chi connectivity index (χ2n) is 7.56. The lowest BCUT2D eigenvalue weighted by Crippen LogP contribution is -2.49. The Hall–Kier alpha value is -3.40. The Morgan fingerprint density at radius 2 is 1.81 bits per heavy atom. The summed E-state index contributed by atoms with van der Waals surface area (Å²) in [5.74, 6) is -0.0104. The van der Waals surface area contributed by atoms with Crippen molar-refractivity contribution in [3.63, 3.8) is 0 Å². The van der Waals surface area contributed by atoms with E-state index in [0.29, 0.717) is 26.2 Å². The first kappa shape index (κ1) is 20.9. The molecule has 2 heterocycles. The number of rotatable bonds is 5. The number of aromatic amines is 1. The lowest BCUT2D eigenvalue weighted by Gasteiger charge is -2.36. The molecule has 162 valence electrons. The summed E-state index contributed by atoms with van der Waals surface area (Å²) < 4.78 is 24.0. The molecule has 1 amide bonds. The number of hydrogen-bond acceptors (Lipinski definition) is 6. The first-order valence-corrected chi connectivity index (χ1v) is 11.7. The van der Waals surface area contributed by atoms with Crippen LogP contribution in [0.3, 0.4) is 0 Å². The van der Waals surface area contributed by atoms with Gasteiger partial charge in [0.05, 0.1) is 11.3 Å². The number of anilines is 1. The van der Waals surface area contributed by atoms with Gasteiger partial charge in [0.25, 0.3) is 0 Å². The monoisotopic (exact) mass is 442 g/mol. The zero-order valence-corrected chi connectivity index (χ0v) is 17.8. The van der Waals surface area contributed by atoms with Crippen LogP contribution >= 0.6 is 0 Å². The number of hydrogen-bond donors (Lipinski definition) is 1. The van der Waals surface area contributed by atoms with Crippen molar-refractivity contribution in [1.82, 2.24) is 9.88 Å². The number of para-hydroxylation sites is 2. The third kappa shape index (κ3) is 4.11. The van der Waals surface area contributed by atoms with Crippen LogP contribution < -0.4 is 4.90 Å². The van der Waals surface area contributed by atoms with E-state index in [1.54, 1.807) is 15.9 Å². The molecular formula is C21H22N4O5S. The molecule has 0 radical (unpaired) electrons. The topological polar surface area (TPSA) is 117 Å². The Labute approximate surface area is 179 Å². The van der Waals surface area contributed by atoms with Crippen LogP contribution in [0.15, 0.2) is 53.6 Å². The van der Waals surface area contributed by atoms with Crippen molar-refractivity contribution in [2.45, 2.75) is 11.3 Å². The van der Waals surface area contributed by atoms with Crippen molar-refractivity contribution >= 4 is 38.0 Å². The van der Waals surface area contributed by atoms with E-state index >= 15 is 0 Å². The average molecular weight is 442 g/mol. The summed E-state index contributed by atoms with van der Waals surface area (Å²) in [6.45, 7) is 1.57. The smallest absolute Gasteiger partial charge is 0.311 e. The van der Waals surface area contributed by atoms with E-state index in [0.717, 1.165) is 22.7 Å². The minimum absolute atomic E-state index is 0.0104. The molecule has 4 rings (SSSR count). The number of carbonyl (C=O) groups is 1. The number of benzene rings is 2. The quantitative estimate of drug-likeness (QED) is 0.479. The zero-order valence-electron chi connectivity index (χ0n) is 16.9. The van der Waals surface area contributed by atoms with Crippen LogP contribution in [0.1, 0.15) is 5.56 Å². The van der Waals surface area contributed by atoms with Crippen LogP contribution in [0.25, 0.3) is 10.9 Å². The number of nitrogens with zero attached hydrogens (tertiary/aromatic N) is 3. The number of nitro groups is 1. The Morgan fingerprint density at radius 1 is 1.10 bits per heavy atom. The molecular weight excluding hydrogens is 420 g/mol. The molecule has 31 heavy (non-hydrogen) atoms. The van der Waals surface area contributed by atoms with Crippen molar-refractivity contribution < 1.29 is 18.1 Å². The van der Waals surface area contributed by atoms with Gasteiger partial charge in [0.15, 0.2) is 9.84 Å². The van der Waals surface area contributed by atoms with Crippen LogP contribution in [-0.2, 0) is 21.1 Å². The van der Waals surface area contributed by atoms with E-state index in [2.05, 4.69) is 4.98 Å². The molecule has 0 spiro atoms. The zero-order chi connectivity index (χ0) is 22.2. The van der Waals surface area contributed by atoms with Gasteiger partial charge in [-0.3, -0.25) is 14.9 Å². The predicted molar refractivity (Wildman–Crippen MR) is 117 cm³/mol. The molecule has 10 heteroatoms. The molecule has 0 saturated carbocycles. The molecule has 1 aliphatic rings. The van der Waals surface area contributed by atoms with Gasteiger partial charge in [0, 0.05) is 49.5 Å². The maximum absolute atomic E-state index is 12.8. The molecule has 3 aromatic rings. The van der Waals surface area contributed by atoms with Crippen molar-refractivity contribution in [1.29, 1.82) is 0 Å². The number of nitro benzene ring substituents is 1. The number of carbonyl (C=O) groups excluding carboxylic acids is 1. The van der Waals surface area contributed by atoms with Crippen molar-refractivity contribution in [3.05, 3.63) is 64.3 Å². The van der Waals surface area contributed by atoms with Gasteiger partial charge >= 0.3 is 5.69 Å². The normalized spacial score (nSPS) is 14.7. The highest BCUT2D eigenvalue weighted by Crippen LogP contribution is 2.35. The Kier molecular flexibility index (Phi) is 5.40. The first-order valence-electron chi connectivity index (χ1n) is 9.81. The maximum atomic E-state index is 12.8. The summed E-state index contributed by atoms with van der Waals surface area (Å²) in [6, 6.07) is 12.1. The van der Waals surface area contributed by atoms with E-state index in [4.69, 9.17) is 0 Å². The lowest BCUT2D eigenvalue weighted by molar-refractivity contribution is -0.387. The molecule has 1 aromatic heterocycles. The number of amides is 1. The maximum Gasteiger partial charge on any atom is 0.311 e. The van der Waals surface area contributed by atoms with Gasteiger partial charge in [-0.25, -0.2) is 8.42 Å². The van der Waals surface area contributed by atoms with Crippen LogP contribution in [0, 0.1) is 10.1 Å². The van der Waals surface area contributed by atoms with Gasteiger partial charge in [-0.15, -0.1) is 0 Å². The van der Waals surface area contributed by atoms with E-state index in [1.165, 1.54) is 12.1 Å². The van der Waals surface area contributed by atoms with Crippen LogP contribution in [-0.4, -0.2) is 61.6 Å². The number of piperazine rings is 1. The number of H-pyrrole nitrogens is 1. The standard InChI is InChI=1S/C21H22N4O5S/c1-31(29,30)19-8-4-7-18(21(19)25(27)28)23-9-11-24(12-10-23)20(26)13-15-14-22-17-6-3-2-5-16(15)17/h2-8,14,22H,9-13H2,1H3. The molecule has 1 fully saturated rings. The van der Waals surface area contributed by atoms with Crippen molar-refractivity contribution in [2.24, 2.45) is 0 Å². The number of aromatic nitrogens is 1. The molecule has 1 N–H and O–H groups in total. The van der Waals surface area contributed by atoms with E-state index in [-0.39, 0.29) is 22.9 Å². The van der Waals surface area contributed by atoms with Gasteiger partial charge in [0.2, 0.25) is 5.91 Å². The highest BCUT2D eigenvalue weighted by atomic mass is 32.2. The molecule has 2 aromatic carbocycles. The van der Waals surface area contributed by atoms with Crippen molar-refractivity contribution in [2.75, 3.05) is 37.3 Å². The summed E-state index contributed by atoms with van der Waals surface area (Å²) in [7, 11) is -3.75. The fourth-order valence-corrected chi connectivity index (χ4v) is 4.85. The largest absolute Gasteiger partial charge is 0.362 e. The Balaban J connectivity index is 1.49. The second kappa shape index (κ2) is 8.03. The highest BCUT2D eigenvalue weighted by molar-refractivity contribution is 7.90. The minimum Gasteiger partial charge on any atom is -0.362 e. The molecule has 0 atom stereocenters. The summed E-state index contributed by atoms with van der Waals surface area (Å²) in [5, 5.41) is 12.7. The van der Waals surface area contributed by atoms with E-state index in [1.807, 2.05) is 30.5 Å². The van der Waals surface area contributed by atoms with Gasteiger partial charge in [-0.05, 0) is 23.8 Å². The molecule has 0 unspecified atom stereocenters. The lowest BCUT2D eigenvalue weighted by atomic mass is 10.1. The second-order valence-corrected chi connectivity index (χ2v) is 9.54. The summed E-state index contributed by atoms with van der Waals surface area (Å²) in [4.78, 5) is 30.2. The Bertz CT molecular complexity index is 1260. The van der Waals surface area contributed by atoms with Gasteiger partial charge in [-0.1, -0.05) is 24.3 Å². The molecule has 9 nitrogen and oxygen atoms in total. The van der Waals surface area contributed by atoms with E-state index < -0.39 is 20.4 Å². The van der Waals surface area contributed by atoms with E-state index in [9.17, 15) is 23.3 Å². The Morgan fingerprint density at radius 3 is 2.48 bits per heavy atom. The molecule has 0 aliphatic carbocycles. The number of fused-ring (bicyclic) bond motifs is 1. The fourth-order valence-electron chi connectivity index (χ4n) is 4.00. The van der Waals surface area contributed by atoms with Crippen LogP contribution in [0.5, 0.6) is 0 Å². The third-order valence-electron chi connectivity index (χ3n) is 5.55. The van der Waals surface area contributed by atoms with Crippen LogP contribution in [0.4, 0.5) is 11.4 Å². The van der Waals surface area contributed by atoms with Crippen LogP contribution in [0.2, 0.25) is 0 Å². The summed E-state index contributed by atoms with van der Waals surface area (Å²) in [5.41, 5.74) is 1.76. The molecule has 1 aliphatic heterocycles. The highest BCUT2D eigenvalue weighted by Gasteiger charge is 2.31.